The zero-order valence-electron chi connectivity index (χ0n) is 17.9. The topological polar surface area (TPSA) is 47.0 Å². The minimum atomic E-state index is -0.173. The van der Waals surface area contributed by atoms with Gasteiger partial charge in [-0.3, -0.25) is 0 Å². The number of hydrogen-bond acceptors (Lipinski definition) is 4. The van der Waals surface area contributed by atoms with Gasteiger partial charge in [-0.15, -0.1) is 0 Å². The molecular weight excluding hydrogens is 401 g/mol. The van der Waals surface area contributed by atoms with Crippen LogP contribution in [0.5, 0.6) is 5.75 Å². The van der Waals surface area contributed by atoms with Gasteiger partial charge < -0.3 is 10.1 Å². The van der Waals surface area contributed by atoms with E-state index in [1.165, 1.54) is 11.6 Å². The highest BCUT2D eigenvalue weighted by Gasteiger charge is 2.28. The van der Waals surface area contributed by atoms with Gasteiger partial charge in [0.2, 0.25) is 5.95 Å². The van der Waals surface area contributed by atoms with Crippen molar-refractivity contribution in [1.82, 2.24) is 9.97 Å². The number of aromatic nitrogens is 2. The van der Waals surface area contributed by atoms with Crippen LogP contribution in [0.4, 0.5) is 10.3 Å². The molecular formula is C27H24FN3O. The summed E-state index contributed by atoms with van der Waals surface area (Å²) in [6, 6.07) is 23.2. The van der Waals surface area contributed by atoms with Crippen LogP contribution in [-0.2, 0) is 12.8 Å². The summed E-state index contributed by atoms with van der Waals surface area (Å²) < 4.78 is 19.8. The number of nitrogens with zero attached hydrogens (tertiary/aromatic N) is 2. The molecule has 0 saturated heterocycles. The van der Waals surface area contributed by atoms with Crippen molar-refractivity contribution in [3.05, 3.63) is 107 Å². The lowest BCUT2D eigenvalue weighted by Gasteiger charge is -2.27. The van der Waals surface area contributed by atoms with E-state index in [1.54, 1.807) is 13.2 Å². The fraction of sp³-hybridized carbons (Fsp3) is 0.185. The summed E-state index contributed by atoms with van der Waals surface area (Å²) in [4.78, 5) is 9.37. The molecule has 5 heteroatoms. The molecule has 0 amide bonds. The molecule has 1 N–H and O–H groups in total. The number of nitrogens with one attached hydrogen (secondary N) is 1. The molecule has 32 heavy (non-hydrogen) atoms. The summed E-state index contributed by atoms with van der Waals surface area (Å²) in [5.74, 6) is 1.24. The monoisotopic (exact) mass is 425 g/mol. The molecule has 160 valence electrons. The van der Waals surface area contributed by atoms with Crippen LogP contribution >= 0.6 is 0 Å². The summed E-state index contributed by atoms with van der Waals surface area (Å²) in [5, 5.41) is 3.34. The molecule has 0 bridgehead atoms. The first-order chi connectivity index (χ1) is 15.7. The molecule has 0 fully saturated rings. The lowest BCUT2D eigenvalue weighted by atomic mass is 9.78. The van der Waals surface area contributed by atoms with Gasteiger partial charge in [-0.2, -0.15) is 0 Å². The minimum absolute atomic E-state index is 0.0441. The fourth-order valence-electron chi connectivity index (χ4n) is 4.37. The Balaban J connectivity index is 1.37. The van der Waals surface area contributed by atoms with Crippen LogP contribution in [-0.4, -0.2) is 23.6 Å². The number of fused-ring (bicyclic) bond motifs is 3. The number of halogens is 1. The Kier molecular flexibility index (Phi) is 5.55. The standard InChI is InChI=1S/C27H24FN3O/c1-32-20-12-10-18(11-13-20)14-15-29-27-30-17-19-16-24(22-7-4-5-9-25(22)28)21-6-2-3-8-23(21)26(19)31-27/h2-13,17,24H,14-16H2,1H3,(H,29,30,31). The van der Waals surface area contributed by atoms with E-state index >= 15 is 0 Å². The Morgan fingerprint density at radius 1 is 0.969 bits per heavy atom. The number of benzene rings is 3. The average molecular weight is 426 g/mol. The molecule has 0 spiro atoms. The Labute approximate surface area is 187 Å². The maximum absolute atomic E-state index is 14.6. The molecule has 1 aliphatic rings. The highest BCUT2D eigenvalue weighted by Crippen LogP contribution is 2.42. The third kappa shape index (κ3) is 3.94. The minimum Gasteiger partial charge on any atom is -0.497 e. The van der Waals surface area contributed by atoms with Crippen molar-refractivity contribution in [3.63, 3.8) is 0 Å². The van der Waals surface area contributed by atoms with Crippen LogP contribution in [0.2, 0.25) is 0 Å². The van der Waals surface area contributed by atoms with Gasteiger partial charge >= 0.3 is 0 Å². The van der Waals surface area contributed by atoms with Crippen molar-refractivity contribution in [3.8, 4) is 17.0 Å². The quantitative estimate of drug-likeness (QED) is 0.435. The Bertz CT molecular complexity index is 1240. The lowest BCUT2D eigenvalue weighted by molar-refractivity contribution is 0.414. The molecule has 5 rings (SSSR count). The van der Waals surface area contributed by atoms with Crippen molar-refractivity contribution in [2.45, 2.75) is 18.8 Å². The molecule has 0 saturated carbocycles. The molecule has 3 aromatic carbocycles. The Hall–Kier alpha value is -3.73. The van der Waals surface area contributed by atoms with Crippen molar-refractivity contribution in [2.24, 2.45) is 0 Å². The highest BCUT2D eigenvalue weighted by atomic mass is 19.1. The SMILES string of the molecule is COc1ccc(CCNc2ncc3c(n2)-c2ccccc2C(c2ccccc2F)C3)cc1. The molecule has 4 nitrogen and oxygen atoms in total. The maximum atomic E-state index is 14.6. The number of anilines is 1. The molecule has 1 unspecified atom stereocenters. The van der Waals surface area contributed by atoms with Crippen LogP contribution in [0.3, 0.4) is 0 Å². The molecule has 4 aromatic rings. The van der Waals surface area contributed by atoms with E-state index in [9.17, 15) is 4.39 Å². The van der Waals surface area contributed by atoms with E-state index in [-0.39, 0.29) is 11.7 Å². The van der Waals surface area contributed by atoms with E-state index in [2.05, 4.69) is 34.6 Å². The summed E-state index contributed by atoms with van der Waals surface area (Å²) in [7, 11) is 1.67. The summed E-state index contributed by atoms with van der Waals surface area (Å²) in [6.45, 7) is 0.727. The second kappa shape index (κ2) is 8.79. The predicted molar refractivity (Wildman–Crippen MR) is 125 cm³/mol. The van der Waals surface area contributed by atoms with Crippen LogP contribution < -0.4 is 10.1 Å². The lowest BCUT2D eigenvalue weighted by Crippen LogP contribution is -2.16. The normalized spacial score (nSPS) is 14.4. The summed E-state index contributed by atoms with van der Waals surface area (Å²) >= 11 is 0. The molecule has 1 aromatic heterocycles. The maximum Gasteiger partial charge on any atom is 0.223 e. The number of ether oxygens (including phenoxy) is 1. The van der Waals surface area contributed by atoms with Gasteiger partial charge in [0.15, 0.2) is 0 Å². The second-order valence-corrected chi connectivity index (χ2v) is 7.96. The molecule has 1 heterocycles. The smallest absolute Gasteiger partial charge is 0.223 e. The summed E-state index contributed by atoms with van der Waals surface area (Å²) in [5.41, 5.74) is 6.05. The largest absolute Gasteiger partial charge is 0.497 e. The van der Waals surface area contributed by atoms with Gasteiger partial charge in [0.25, 0.3) is 0 Å². The average Bonchev–Trinajstić information content (AvgIpc) is 2.84. The summed E-state index contributed by atoms with van der Waals surface area (Å²) in [6.07, 6.45) is 3.41. The fourth-order valence-corrected chi connectivity index (χ4v) is 4.37. The van der Waals surface area contributed by atoms with Gasteiger partial charge in [0.1, 0.15) is 11.6 Å². The molecule has 0 radical (unpaired) electrons. The van der Waals surface area contributed by atoms with E-state index < -0.39 is 0 Å². The molecule has 1 aliphatic carbocycles. The highest BCUT2D eigenvalue weighted by molar-refractivity contribution is 5.72. The van der Waals surface area contributed by atoms with Crippen LogP contribution in [0.25, 0.3) is 11.3 Å². The first-order valence-electron chi connectivity index (χ1n) is 10.8. The van der Waals surface area contributed by atoms with Crippen molar-refractivity contribution >= 4 is 5.95 Å². The van der Waals surface area contributed by atoms with Crippen LogP contribution in [0.15, 0.2) is 79.0 Å². The Morgan fingerprint density at radius 3 is 2.50 bits per heavy atom. The number of rotatable bonds is 6. The van der Waals surface area contributed by atoms with Gasteiger partial charge in [-0.25, -0.2) is 14.4 Å². The third-order valence-electron chi connectivity index (χ3n) is 6.02. The zero-order valence-corrected chi connectivity index (χ0v) is 17.9. The predicted octanol–water partition coefficient (Wildman–Crippen LogP) is 5.63. The van der Waals surface area contributed by atoms with E-state index in [1.807, 2.05) is 42.6 Å². The zero-order chi connectivity index (χ0) is 21.9. The van der Waals surface area contributed by atoms with Gasteiger partial charge in [0, 0.05) is 24.2 Å². The van der Waals surface area contributed by atoms with Crippen LogP contribution in [0.1, 0.15) is 28.2 Å². The van der Waals surface area contributed by atoms with Gasteiger partial charge in [-0.1, -0.05) is 54.6 Å². The van der Waals surface area contributed by atoms with Crippen molar-refractivity contribution < 1.29 is 9.13 Å². The van der Waals surface area contributed by atoms with Gasteiger partial charge in [0.05, 0.1) is 12.8 Å². The third-order valence-corrected chi connectivity index (χ3v) is 6.02. The van der Waals surface area contributed by atoms with E-state index in [0.717, 1.165) is 41.1 Å². The first-order valence-corrected chi connectivity index (χ1v) is 10.8. The molecule has 0 aliphatic heterocycles. The first kappa shape index (κ1) is 20.2. The molecule has 1 atom stereocenters. The second-order valence-electron chi connectivity index (χ2n) is 7.96. The van der Waals surface area contributed by atoms with Gasteiger partial charge in [-0.05, 0) is 53.3 Å². The number of hydrogen-bond donors (Lipinski definition) is 1. The van der Waals surface area contributed by atoms with Crippen LogP contribution in [0, 0.1) is 5.82 Å². The van der Waals surface area contributed by atoms with Crippen molar-refractivity contribution in [1.29, 1.82) is 0 Å². The Morgan fingerprint density at radius 2 is 1.72 bits per heavy atom. The van der Waals surface area contributed by atoms with Crippen molar-refractivity contribution in [2.75, 3.05) is 19.0 Å². The number of methoxy groups -OCH3 is 1. The van der Waals surface area contributed by atoms with E-state index in [4.69, 9.17) is 9.72 Å². The van der Waals surface area contributed by atoms with E-state index in [0.29, 0.717) is 17.9 Å².